The predicted octanol–water partition coefficient (Wildman–Crippen LogP) is 3.92. The minimum Gasteiger partial charge on any atom is -0.333 e. The Balaban J connectivity index is 0.00000243. The number of halogens is 2. The number of aryl methyl sites for hydroxylation is 2. The Kier molecular flexibility index (Phi) is 7.61. The fraction of sp³-hybridized carbons (Fsp3) is 0.381. The molecule has 0 saturated carbocycles. The number of hydrogen-bond acceptors (Lipinski definition) is 2. The van der Waals surface area contributed by atoms with Crippen LogP contribution >= 0.6 is 12.4 Å². The maximum atomic E-state index is 13.0. The van der Waals surface area contributed by atoms with Crippen LogP contribution in [-0.2, 0) is 17.6 Å². The minimum absolute atomic E-state index is 0. The van der Waals surface area contributed by atoms with Gasteiger partial charge in [0.25, 0.3) is 0 Å². The number of piperazine rings is 1. The number of nitrogens with zero attached hydrogens (tertiary/aromatic N) is 1. The summed E-state index contributed by atoms with van der Waals surface area (Å²) < 4.78 is 13.0. The van der Waals surface area contributed by atoms with Crippen LogP contribution in [-0.4, -0.2) is 30.4 Å². The normalized spacial score (nSPS) is 16.8. The molecular weight excluding hydrogens is 351 g/mol. The molecule has 1 unspecified atom stereocenters. The summed E-state index contributed by atoms with van der Waals surface area (Å²) in [7, 11) is 0. The van der Waals surface area contributed by atoms with Gasteiger partial charge in [0, 0.05) is 26.1 Å². The summed E-state index contributed by atoms with van der Waals surface area (Å²) in [4.78, 5) is 14.8. The molecule has 2 aromatic rings. The highest BCUT2D eigenvalue weighted by Crippen LogP contribution is 2.24. The highest BCUT2D eigenvalue weighted by molar-refractivity contribution is 5.85. The lowest BCUT2D eigenvalue weighted by atomic mass is 10.00. The van der Waals surface area contributed by atoms with Crippen molar-refractivity contribution in [3.8, 4) is 0 Å². The van der Waals surface area contributed by atoms with Crippen LogP contribution in [0.25, 0.3) is 0 Å². The molecule has 1 fully saturated rings. The highest BCUT2D eigenvalue weighted by Gasteiger charge is 2.27. The third-order valence-electron chi connectivity index (χ3n) is 4.88. The summed E-state index contributed by atoms with van der Waals surface area (Å²) in [6, 6.07) is 15.0. The standard InChI is InChI=1S/C21H25FN2O.ClH/c1-2-16-3-8-18(9-4-16)20-15-23-13-14-24(20)21(25)12-7-17-5-10-19(22)11-6-17;/h3-6,8-11,20,23H,2,7,12-15H2,1H3;1H. The van der Waals surface area contributed by atoms with Crippen molar-refractivity contribution in [1.82, 2.24) is 10.2 Å². The second kappa shape index (κ2) is 9.70. The van der Waals surface area contributed by atoms with Crippen LogP contribution in [0.4, 0.5) is 4.39 Å². The number of hydrogen-bond donors (Lipinski definition) is 1. The van der Waals surface area contributed by atoms with E-state index in [1.165, 1.54) is 23.3 Å². The highest BCUT2D eigenvalue weighted by atomic mass is 35.5. The average Bonchev–Trinajstić information content (AvgIpc) is 2.67. The van der Waals surface area contributed by atoms with E-state index in [0.29, 0.717) is 12.8 Å². The molecule has 1 aliphatic heterocycles. The van der Waals surface area contributed by atoms with Gasteiger partial charge in [-0.15, -0.1) is 12.4 Å². The van der Waals surface area contributed by atoms with Gasteiger partial charge >= 0.3 is 0 Å². The van der Waals surface area contributed by atoms with Gasteiger partial charge in [-0.1, -0.05) is 43.3 Å². The summed E-state index contributed by atoms with van der Waals surface area (Å²) in [5.41, 5.74) is 3.48. The second-order valence-corrected chi connectivity index (χ2v) is 6.53. The topological polar surface area (TPSA) is 32.3 Å². The lowest BCUT2D eigenvalue weighted by Gasteiger charge is -2.36. The van der Waals surface area contributed by atoms with Gasteiger partial charge < -0.3 is 10.2 Å². The van der Waals surface area contributed by atoms with Crippen LogP contribution in [0.1, 0.15) is 36.1 Å². The third kappa shape index (κ3) is 5.05. The smallest absolute Gasteiger partial charge is 0.223 e. The molecule has 0 spiro atoms. The van der Waals surface area contributed by atoms with E-state index in [0.717, 1.165) is 31.6 Å². The fourth-order valence-corrected chi connectivity index (χ4v) is 3.32. The summed E-state index contributed by atoms with van der Waals surface area (Å²) in [5.74, 6) is -0.0804. The second-order valence-electron chi connectivity index (χ2n) is 6.53. The van der Waals surface area contributed by atoms with Crippen LogP contribution < -0.4 is 5.32 Å². The first kappa shape index (κ1) is 20.4. The SMILES string of the molecule is CCc1ccc(C2CNCCN2C(=O)CCc2ccc(F)cc2)cc1.Cl. The molecule has 1 heterocycles. The molecule has 1 N–H and O–H groups in total. The molecule has 0 aliphatic carbocycles. The molecule has 2 aromatic carbocycles. The maximum Gasteiger partial charge on any atom is 0.223 e. The molecule has 0 aromatic heterocycles. The number of rotatable bonds is 5. The van der Waals surface area contributed by atoms with Crippen LogP contribution in [0, 0.1) is 5.82 Å². The van der Waals surface area contributed by atoms with Gasteiger partial charge in [-0.3, -0.25) is 4.79 Å². The van der Waals surface area contributed by atoms with Gasteiger partial charge in [0.15, 0.2) is 0 Å². The van der Waals surface area contributed by atoms with Crippen LogP contribution in [0.5, 0.6) is 0 Å². The Morgan fingerprint density at radius 2 is 1.77 bits per heavy atom. The summed E-state index contributed by atoms with van der Waals surface area (Å²) in [6.45, 7) is 4.48. The molecule has 1 aliphatic rings. The first-order chi connectivity index (χ1) is 12.2. The van der Waals surface area contributed by atoms with Gasteiger partial charge in [0.05, 0.1) is 6.04 Å². The molecule has 1 amide bonds. The number of nitrogens with one attached hydrogen (secondary N) is 1. The largest absolute Gasteiger partial charge is 0.333 e. The van der Waals surface area contributed by atoms with E-state index in [1.807, 2.05) is 4.90 Å². The van der Waals surface area contributed by atoms with E-state index in [-0.39, 0.29) is 30.2 Å². The van der Waals surface area contributed by atoms with Crippen molar-refractivity contribution in [3.05, 3.63) is 71.0 Å². The van der Waals surface area contributed by atoms with E-state index < -0.39 is 0 Å². The Labute approximate surface area is 161 Å². The van der Waals surface area contributed by atoms with Gasteiger partial charge in [0.2, 0.25) is 5.91 Å². The fourth-order valence-electron chi connectivity index (χ4n) is 3.32. The molecule has 0 radical (unpaired) electrons. The zero-order valence-corrected chi connectivity index (χ0v) is 15.9. The molecule has 1 atom stereocenters. The average molecular weight is 377 g/mol. The third-order valence-corrected chi connectivity index (χ3v) is 4.88. The molecule has 3 nitrogen and oxygen atoms in total. The van der Waals surface area contributed by atoms with E-state index >= 15 is 0 Å². The molecule has 26 heavy (non-hydrogen) atoms. The number of amides is 1. The summed E-state index contributed by atoms with van der Waals surface area (Å²) in [6.07, 6.45) is 2.11. The molecule has 1 saturated heterocycles. The van der Waals surface area contributed by atoms with Crippen molar-refractivity contribution in [2.75, 3.05) is 19.6 Å². The zero-order valence-electron chi connectivity index (χ0n) is 15.1. The van der Waals surface area contributed by atoms with E-state index in [2.05, 4.69) is 36.5 Å². The first-order valence-electron chi connectivity index (χ1n) is 9.01. The quantitative estimate of drug-likeness (QED) is 0.857. The number of carbonyl (C=O) groups is 1. The molecular formula is C21H26ClFN2O. The van der Waals surface area contributed by atoms with Crippen molar-refractivity contribution in [2.45, 2.75) is 32.2 Å². The van der Waals surface area contributed by atoms with E-state index in [9.17, 15) is 9.18 Å². The minimum atomic E-state index is -0.243. The van der Waals surface area contributed by atoms with Crippen molar-refractivity contribution < 1.29 is 9.18 Å². The Hall–Kier alpha value is -1.91. The van der Waals surface area contributed by atoms with E-state index in [1.54, 1.807) is 12.1 Å². The zero-order chi connectivity index (χ0) is 17.6. The van der Waals surface area contributed by atoms with Gasteiger partial charge in [-0.2, -0.15) is 0 Å². The first-order valence-corrected chi connectivity index (χ1v) is 9.01. The molecule has 140 valence electrons. The molecule has 3 rings (SSSR count). The monoisotopic (exact) mass is 376 g/mol. The van der Waals surface area contributed by atoms with Crippen molar-refractivity contribution in [2.24, 2.45) is 0 Å². The summed E-state index contributed by atoms with van der Waals surface area (Å²) >= 11 is 0. The summed E-state index contributed by atoms with van der Waals surface area (Å²) in [5, 5.41) is 3.39. The van der Waals surface area contributed by atoms with Crippen LogP contribution in [0.15, 0.2) is 48.5 Å². The predicted molar refractivity (Wildman–Crippen MR) is 105 cm³/mol. The lowest BCUT2D eigenvalue weighted by Crippen LogP contribution is -2.48. The maximum absolute atomic E-state index is 13.0. The molecule has 5 heteroatoms. The Morgan fingerprint density at radius 1 is 1.12 bits per heavy atom. The number of benzene rings is 2. The Bertz CT molecular complexity index is 703. The van der Waals surface area contributed by atoms with Crippen molar-refractivity contribution in [1.29, 1.82) is 0 Å². The van der Waals surface area contributed by atoms with Crippen molar-refractivity contribution >= 4 is 18.3 Å². The van der Waals surface area contributed by atoms with Crippen LogP contribution in [0.2, 0.25) is 0 Å². The van der Waals surface area contributed by atoms with Crippen LogP contribution in [0.3, 0.4) is 0 Å². The van der Waals surface area contributed by atoms with Gasteiger partial charge in [0.1, 0.15) is 5.82 Å². The van der Waals surface area contributed by atoms with Crippen molar-refractivity contribution in [3.63, 3.8) is 0 Å². The lowest BCUT2D eigenvalue weighted by molar-refractivity contribution is -0.134. The van der Waals surface area contributed by atoms with E-state index in [4.69, 9.17) is 0 Å². The Morgan fingerprint density at radius 3 is 2.42 bits per heavy atom. The van der Waals surface area contributed by atoms with Gasteiger partial charge in [-0.25, -0.2) is 4.39 Å². The van der Waals surface area contributed by atoms with Gasteiger partial charge in [-0.05, 0) is 41.7 Å². The molecule has 0 bridgehead atoms. The number of carbonyl (C=O) groups excluding carboxylic acids is 1.